The van der Waals surface area contributed by atoms with Gasteiger partial charge in [0.15, 0.2) is 0 Å². The summed E-state index contributed by atoms with van der Waals surface area (Å²) in [5.41, 5.74) is 4.36. The largest absolute Gasteiger partial charge is 0.356 e. The van der Waals surface area contributed by atoms with Gasteiger partial charge < -0.3 is 15.5 Å². The lowest BCUT2D eigenvalue weighted by atomic mass is 10.1. The van der Waals surface area contributed by atoms with Crippen molar-refractivity contribution in [2.75, 3.05) is 11.9 Å². The second-order valence-electron chi connectivity index (χ2n) is 8.57. The molecule has 3 heterocycles. The SMILES string of the molecule is Cc1ccc(CN2C(=O)NCCC2c2nc3c(c(=O)n2Cc2ccccc2)NC=CC3)cc1. The summed E-state index contributed by atoms with van der Waals surface area (Å²) in [6.07, 6.45) is 5.02. The first-order valence-corrected chi connectivity index (χ1v) is 11.3. The van der Waals surface area contributed by atoms with Crippen molar-refractivity contribution in [2.45, 2.75) is 38.9 Å². The number of nitrogens with zero attached hydrogens (tertiary/aromatic N) is 3. The van der Waals surface area contributed by atoms with Gasteiger partial charge in [-0.15, -0.1) is 0 Å². The molecule has 0 aliphatic carbocycles. The van der Waals surface area contributed by atoms with Gasteiger partial charge in [-0.3, -0.25) is 9.36 Å². The minimum atomic E-state index is -0.298. The molecule has 1 atom stereocenters. The molecule has 2 N–H and O–H groups in total. The lowest BCUT2D eigenvalue weighted by Gasteiger charge is -2.37. The lowest BCUT2D eigenvalue weighted by Crippen LogP contribution is -2.49. The Labute approximate surface area is 192 Å². The van der Waals surface area contributed by atoms with Crippen molar-refractivity contribution in [3.8, 4) is 0 Å². The number of benzene rings is 2. The molecule has 1 aromatic heterocycles. The Morgan fingerprint density at radius 3 is 2.55 bits per heavy atom. The van der Waals surface area contributed by atoms with Crippen LogP contribution in [0.4, 0.5) is 10.5 Å². The molecular weight excluding hydrogens is 414 g/mol. The topological polar surface area (TPSA) is 79.3 Å². The Bertz CT molecular complexity index is 1250. The van der Waals surface area contributed by atoms with E-state index in [0.29, 0.717) is 44.0 Å². The fraction of sp³-hybridized carbons (Fsp3) is 0.269. The molecule has 168 valence electrons. The highest BCUT2D eigenvalue weighted by Crippen LogP contribution is 2.29. The number of aromatic nitrogens is 2. The van der Waals surface area contributed by atoms with Crippen LogP contribution >= 0.6 is 0 Å². The smallest absolute Gasteiger partial charge is 0.318 e. The quantitative estimate of drug-likeness (QED) is 0.632. The van der Waals surface area contributed by atoms with Gasteiger partial charge in [0, 0.05) is 19.5 Å². The van der Waals surface area contributed by atoms with E-state index in [1.54, 1.807) is 15.7 Å². The molecule has 0 spiro atoms. The first-order chi connectivity index (χ1) is 16.1. The molecule has 7 nitrogen and oxygen atoms in total. The molecule has 2 aliphatic rings. The maximum absolute atomic E-state index is 13.6. The number of amides is 2. The second-order valence-corrected chi connectivity index (χ2v) is 8.57. The van der Waals surface area contributed by atoms with Crippen molar-refractivity contribution < 1.29 is 4.79 Å². The van der Waals surface area contributed by atoms with E-state index in [4.69, 9.17) is 4.98 Å². The predicted octanol–water partition coefficient (Wildman–Crippen LogP) is 3.74. The number of rotatable bonds is 5. The van der Waals surface area contributed by atoms with Crippen LogP contribution in [0.25, 0.3) is 0 Å². The molecule has 0 radical (unpaired) electrons. The van der Waals surface area contributed by atoms with Crippen molar-refractivity contribution in [1.29, 1.82) is 0 Å². The van der Waals surface area contributed by atoms with Gasteiger partial charge in [-0.25, -0.2) is 9.78 Å². The summed E-state index contributed by atoms with van der Waals surface area (Å²) >= 11 is 0. The van der Waals surface area contributed by atoms with E-state index in [1.165, 1.54) is 5.56 Å². The van der Waals surface area contributed by atoms with Crippen molar-refractivity contribution >= 4 is 11.7 Å². The van der Waals surface area contributed by atoms with E-state index in [2.05, 4.69) is 10.6 Å². The van der Waals surface area contributed by atoms with E-state index in [9.17, 15) is 9.59 Å². The molecule has 3 aromatic rings. The highest BCUT2D eigenvalue weighted by Gasteiger charge is 2.33. The van der Waals surface area contributed by atoms with Crippen LogP contribution < -0.4 is 16.2 Å². The van der Waals surface area contributed by atoms with Crippen LogP contribution in [-0.2, 0) is 19.5 Å². The monoisotopic (exact) mass is 441 g/mol. The fourth-order valence-corrected chi connectivity index (χ4v) is 4.45. The molecule has 2 aliphatic heterocycles. The Kier molecular flexibility index (Phi) is 5.69. The van der Waals surface area contributed by atoms with Crippen molar-refractivity contribution in [1.82, 2.24) is 19.8 Å². The maximum Gasteiger partial charge on any atom is 0.318 e. The zero-order valence-corrected chi connectivity index (χ0v) is 18.6. The van der Waals surface area contributed by atoms with Crippen LogP contribution in [0.2, 0.25) is 0 Å². The van der Waals surface area contributed by atoms with Crippen LogP contribution in [0.15, 0.2) is 71.7 Å². The number of carbonyl (C=O) groups is 1. The van der Waals surface area contributed by atoms with E-state index >= 15 is 0 Å². The highest BCUT2D eigenvalue weighted by molar-refractivity contribution is 5.75. The molecular formula is C26H27N5O2. The Morgan fingerprint density at radius 1 is 1.00 bits per heavy atom. The number of hydrogen-bond acceptors (Lipinski definition) is 4. The lowest BCUT2D eigenvalue weighted by molar-refractivity contribution is 0.143. The van der Waals surface area contributed by atoms with Gasteiger partial charge in [0.25, 0.3) is 5.56 Å². The van der Waals surface area contributed by atoms with Gasteiger partial charge in [-0.2, -0.15) is 0 Å². The highest BCUT2D eigenvalue weighted by atomic mass is 16.2. The van der Waals surface area contributed by atoms with Gasteiger partial charge in [-0.05, 0) is 30.7 Å². The number of allylic oxidation sites excluding steroid dienone is 1. The summed E-state index contributed by atoms with van der Waals surface area (Å²) in [6.45, 7) is 3.44. The zero-order chi connectivity index (χ0) is 22.8. The summed E-state index contributed by atoms with van der Waals surface area (Å²) in [4.78, 5) is 33.3. The third-order valence-corrected chi connectivity index (χ3v) is 6.22. The van der Waals surface area contributed by atoms with Crippen molar-refractivity contribution in [3.63, 3.8) is 0 Å². The number of urea groups is 1. The number of carbonyl (C=O) groups excluding carboxylic acids is 1. The molecule has 1 unspecified atom stereocenters. The van der Waals surface area contributed by atoms with Gasteiger partial charge in [0.2, 0.25) is 0 Å². The number of nitrogens with one attached hydrogen (secondary N) is 2. The first kappa shape index (κ1) is 21.0. The Morgan fingerprint density at radius 2 is 1.76 bits per heavy atom. The van der Waals surface area contributed by atoms with E-state index < -0.39 is 0 Å². The van der Waals surface area contributed by atoms with Gasteiger partial charge in [0.1, 0.15) is 11.5 Å². The summed E-state index contributed by atoms with van der Waals surface area (Å²) in [5, 5.41) is 6.04. The Hall–Kier alpha value is -3.87. The molecule has 1 saturated heterocycles. The number of aryl methyl sites for hydroxylation is 1. The van der Waals surface area contributed by atoms with E-state index in [0.717, 1.165) is 16.8 Å². The average Bonchev–Trinajstić information content (AvgIpc) is 2.84. The molecule has 0 saturated carbocycles. The van der Waals surface area contributed by atoms with E-state index in [-0.39, 0.29) is 17.6 Å². The molecule has 7 heteroatoms. The normalized spacial score (nSPS) is 17.3. The second kappa shape index (κ2) is 8.94. The minimum Gasteiger partial charge on any atom is -0.356 e. The van der Waals surface area contributed by atoms with Crippen LogP contribution in [-0.4, -0.2) is 27.0 Å². The van der Waals surface area contributed by atoms with Crippen LogP contribution in [0, 0.1) is 6.92 Å². The Balaban J connectivity index is 1.59. The predicted molar refractivity (Wildman–Crippen MR) is 128 cm³/mol. The number of anilines is 1. The van der Waals surface area contributed by atoms with Crippen molar-refractivity contribution in [3.05, 3.63) is 105 Å². The maximum atomic E-state index is 13.6. The van der Waals surface area contributed by atoms with E-state index in [1.807, 2.05) is 67.6 Å². The summed E-state index contributed by atoms with van der Waals surface area (Å²) in [6, 6.07) is 17.6. The first-order valence-electron chi connectivity index (χ1n) is 11.3. The van der Waals surface area contributed by atoms with Crippen molar-refractivity contribution in [2.24, 2.45) is 0 Å². The fourth-order valence-electron chi connectivity index (χ4n) is 4.45. The minimum absolute atomic E-state index is 0.107. The third kappa shape index (κ3) is 4.26. The van der Waals surface area contributed by atoms with Crippen LogP contribution in [0.1, 0.15) is 40.7 Å². The van der Waals surface area contributed by atoms with Gasteiger partial charge >= 0.3 is 6.03 Å². The molecule has 0 bridgehead atoms. The van der Waals surface area contributed by atoms with Crippen LogP contribution in [0.5, 0.6) is 0 Å². The average molecular weight is 442 g/mol. The number of hydrogen-bond donors (Lipinski definition) is 2. The van der Waals surface area contributed by atoms with Crippen LogP contribution in [0.3, 0.4) is 0 Å². The third-order valence-electron chi connectivity index (χ3n) is 6.22. The molecule has 1 fully saturated rings. The molecule has 2 aromatic carbocycles. The van der Waals surface area contributed by atoms with Gasteiger partial charge in [-0.1, -0.05) is 66.2 Å². The summed E-state index contributed by atoms with van der Waals surface area (Å²) in [7, 11) is 0. The summed E-state index contributed by atoms with van der Waals surface area (Å²) in [5.74, 6) is 0.640. The molecule has 5 rings (SSSR count). The van der Waals surface area contributed by atoms with Gasteiger partial charge in [0.05, 0.1) is 18.3 Å². The summed E-state index contributed by atoms with van der Waals surface area (Å²) < 4.78 is 1.73. The number of fused-ring (bicyclic) bond motifs is 1. The zero-order valence-electron chi connectivity index (χ0n) is 18.6. The molecule has 2 amide bonds. The molecule has 33 heavy (non-hydrogen) atoms. The standard InChI is InChI=1S/C26H27N5O2/c1-18-9-11-20(12-10-18)16-30-22(13-15-28-26(30)33)24-29-21-8-5-14-27-23(21)25(32)31(24)17-19-6-3-2-4-7-19/h2-7,9-12,14,22,27H,8,13,15-17H2,1H3,(H,28,33).